The number of unbranched alkanes of at least 4 members (excludes halogenated alkanes) is 1. The molecule has 0 saturated carbocycles. The second-order valence-electron chi connectivity index (χ2n) is 9.34. The first-order valence-electron chi connectivity index (χ1n) is 12.6. The summed E-state index contributed by atoms with van der Waals surface area (Å²) in [6, 6.07) is 17.0. The van der Waals surface area contributed by atoms with E-state index in [2.05, 4.69) is 24.5 Å². The smallest absolute Gasteiger partial charge is 0.255 e. The van der Waals surface area contributed by atoms with Gasteiger partial charge >= 0.3 is 0 Å². The van der Waals surface area contributed by atoms with Crippen molar-refractivity contribution in [1.82, 2.24) is 10.6 Å². The lowest BCUT2D eigenvalue weighted by molar-refractivity contribution is 0.0927. The molecule has 0 aliphatic carbocycles. The topological polar surface area (TPSA) is 106 Å². The van der Waals surface area contributed by atoms with Crippen molar-refractivity contribution in [3.8, 4) is 5.75 Å². The third-order valence-corrected chi connectivity index (χ3v) is 6.19. The minimum Gasteiger partial charge on any atom is -0.493 e. The van der Waals surface area contributed by atoms with Crippen LogP contribution in [-0.2, 0) is 11.3 Å². The van der Waals surface area contributed by atoms with Gasteiger partial charge in [0.25, 0.3) is 5.91 Å². The number of methoxy groups -OCH3 is 1. The van der Waals surface area contributed by atoms with Crippen LogP contribution in [0.2, 0.25) is 0 Å². The molecule has 9 heteroatoms. The Morgan fingerprint density at radius 3 is 2.30 bits per heavy atom. The molecule has 0 heterocycles. The molecule has 0 fully saturated rings. The summed E-state index contributed by atoms with van der Waals surface area (Å²) in [6.45, 7) is 7.04. The predicted octanol–water partition coefficient (Wildman–Crippen LogP) is 4.21. The maximum Gasteiger partial charge on any atom is 0.255 e. The third kappa shape index (κ3) is 13.5. The molecule has 0 spiro atoms. The number of benzene rings is 2. The maximum absolute atomic E-state index is 12.9. The molecule has 7 nitrogen and oxygen atoms in total. The fourth-order valence-corrected chi connectivity index (χ4v) is 3.84. The number of aliphatic hydroxyl groups excluding tert-OH is 1. The first-order valence-corrected chi connectivity index (χ1v) is 12.6. The van der Waals surface area contributed by atoms with Crippen LogP contribution in [0.3, 0.4) is 0 Å². The summed E-state index contributed by atoms with van der Waals surface area (Å²) in [5, 5.41) is 16.9. The summed E-state index contributed by atoms with van der Waals surface area (Å²) in [5.74, 6) is 0.861. The Bertz CT molecular complexity index is 858. The third-order valence-electron chi connectivity index (χ3n) is 6.19. The number of rotatable bonds is 17. The van der Waals surface area contributed by atoms with Gasteiger partial charge in [-0.3, -0.25) is 4.79 Å². The van der Waals surface area contributed by atoms with Gasteiger partial charge in [0.1, 0.15) is 5.75 Å². The van der Waals surface area contributed by atoms with E-state index in [4.69, 9.17) is 15.2 Å². The highest BCUT2D eigenvalue weighted by Gasteiger charge is 2.23. The maximum atomic E-state index is 12.9. The van der Waals surface area contributed by atoms with Crippen LogP contribution in [0.25, 0.3) is 0 Å². The van der Waals surface area contributed by atoms with Gasteiger partial charge in [-0.15, -0.1) is 24.8 Å². The van der Waals surface area contributed by atoms with Crippen molar-refractivity contribution < 1.29 is 19.4 Å². The zero-order valence-corrected chi connectivity index (χ0v) is 23.9. The van der Waals surface area contributed by atoms with Crippen molar-refractivity contribution in [2.24, 2.45) is 17.6 Å². The average molecular weight is 559 g/mol. The highest BCUT2D eigenvalue weighted by Crippen LogP contribution is 2.20. The Labute approximate surface area is 234 Å². The molecule has 0 aliphatic heterocycles. The Kier molecular flexibility index (Phi) is 19.1. The molecule has 0 bridgehead atoms. The standard InChI is InChI=1S/C28H43N3O4.2ClH/c1-21(2)23(17-25(29)26(32)20-30-18-22-11-5-4-6-12-22)19-31-28(33)24-13-7-8-14-27(24)35-16-10-9-15-34-3;;/h4-8,11-14,21,23,25-26,30,32H,9-10,15-20,29H2,1-3H3,(H,31,33);2*1H/t23-,25+,26+;;/m1../s1. The van der Waals surface area contributed by atoms with E-state index in [1.54, 1.807) is 13.2 Å². The molecule has 2 aromatic carbocycles. The van der Waals surface area contributed by atoms with Crippen molar-refractivity contribution in [3.63, 3.8) is 0 Å². The zero-order valence-electron chi connectivity index (χ0n) is 22.2. The molecule has 0 unspecified atom stereocenters. The first-order chi connectivity index (χ1) is 16.9. The quantitative estimate of drug-likeness (QED) is 0.217. The number of carbonyl (C=O) groups is 1. The van der Waals surface area contributed by atoms with Gasteiger partial charge in [0.15, 0.2) is 0 Å². The van der Waals surface area contributed by atoms with E-state index in [9.17, 15) is 9.90 Å². The van der Waals surface area contributed by atoms with Crippen molar-refractivity contribution in [3.05, 3.63) is 65.7 Å². The van der Waals surface area contributed by atoms with Crippen LogP contribution >= 0.6 is 24.8 Å². The highest BCUT2D eigenvalue weighted by molar-refractivity contribution is 5.96. The van der Waals surface area contributed by atoms with Gasteiger partial charge in [-0.05, 0) is 48.8 Å². The number of amides is 1. The first kappa shape index (κ1) is 35.1. The SMILES string of the molecule is COCCCCOc1ccccc1C(=O)NC[C@@H](C[C@H](N)[C@@H](O)CNCc1ccccc1)C(C)C.Cl.Cl. The van der Waals surface area contributed by atoms with Crippen molar-refractivity contribution in [2.75, 3.05) is 33.4 Å². The summed E-state index contributed by atoms with van der Waals surface area (Å²) >= 11 is 0. The Morgan fingerprint density at radius 1 is 0.973 bits per heavy atom. The number of hydrogen-bond donors (Lipinski definition) is 4. The second kappa shape index (κ2) is 20.1. The van der Waals surface area contributed by atoms with Gasteiger partial charge in [0.2, 0.25) is 0 Å². The summed E-state index contributed by atoms with van der Waals surface area (Å²) in [5.41, 5.74) is 8.02. The normalized spacial score (nSPS) is 13.1. The van der Waals surface area contributed by atoms with Gasteiger partial charge in [-0.25, -0.2) is 0 Å². The van der Waals surface area contributed by atoms with Crippen molar-refractivity contribution in [1.29, 1.82) is 0 Å². The number of aliphatic hydroxyl groups is 1. The number of para-hydroxylation sites is 1. The molecule has 5 N–H and O–H groups in total. The lowest BCUT2D eigenvalue weighted by Crippen LogP contribution is -2.44. The highest BCUT2D eigenvalue weighted by atomic mass is 35.5. The molecular formula is C28H45Cl2N3O4. The van der Waals surface area contributed by atoms with E-state index in [0.29, 0.717) is 56.5 Å². The van der Waals surface area contributed by atoms with E-state index in [0.717, 1.165) is 18.4 Å². The molecular weight excluding hydrogens is 513 g/mol. The number of halogens is 2. The van der Waals surface area contributed by atoms with Crippen molar-refractivity contribution in [2.45, 2.75) is 51.8 Å². The average Bonchev–Trinajstić information content (AvgIpc) is 2.86. The number of nitrogens with two attached hydrogens (primary N) is 1. The minimum atomic E-state index is -0.664. The molecule has 210 valence electrons. The lowest BCUT2D eigenvalue weighted by Gasteiger charge is -2.27. The number of ether oxygens (including phenoxy) is 2. The molecule has 1 amide bonds. The van der Waals surface area contributed by atoms with Gasteiger partial charge in [0.05, 0.1) is 18.3 Å². The molecule has 0 saturated heterocycles. The lowest BCUT2D eigenvalue weighted by atomic mass is 9.87. The number of nitrogens with one attached hydrogen (secondary N) is 2. The van der Waals surface area contributed by atoms with E-state index in [1.807, 2.05) is 48.5 Å². The summed E-state index contributed by atoms with van der Waals surface area (Å²) in [7, 11) is 1.68. The van der Waals surface area contributed by atoms with E-state index >= 15 is 0 Å². The van der Waals surface area contributed by atoms with Crippen LogP contribution in [0.4, 0.5) is 0 Å². The summed E-state index contributed by atoms with van der Waals surface area (Å²) in [6.07, 6.45) is 1.72. The fourth-order valence-electron chi connectivity index (χ4n) is 3.84. The monoisotopic (exact) mass is 557 g/mol. The number of hydrogen-bond acceptors (Lipinski definition) is 6. The van der Waals surface area contributed by atoms with Gasteiger partial charge in [0, 0.05) is 39.4 Å². The van der Waals surface area contributed by atoms with Crippen LogP contribution in [-0.4, -0.2) is 56.6 Å². The van der Waals surface area contributed by atoms with E-state index in [-0.39, 0.29) is 42.7 Å². The molecule has 0 radical (unpaired) electrons. The van der Waals surface area contributed by atoms with Gasteiger partial charge < -0.3 is 30.9 Å². The Morgan fingerprint density at radius 2 is 1.62 bits per heavy atom. The second-order valence-corrected chi connectivity index (χ2v) is 9.34. The van der Waals surface area contributed by atoms with Crippen LogP contribution in [0.1, 0.15) is 49.0 Å². The zero-order chi connectivity index (χ0) is 25.5. The molecule has 0 aliphatic rings. The van der Waals surface area contributed by atoms with E-state index in [1.165, 1.54) is 0 Å². The Hall–Kier alpha value is -1.87. The van der Waals surface area contributed by atoms with Gasteiger partial charge in [-0.1, -0.05) is 56.3 Å². The minimum absolute atomic E-state index is 0. The molecule has 3 atom stereocenters. The summed E-state index contributed by atoms with van der Waals surface area (Å²) < 4.78 is 10.9. The molecule has 2 aromatic rings. The largest absolute Gasteiger partial charge is 0.493 e. The van der Waals surface area contributed by atoms with E-state index < -0.39 is 6.10 Å². The van der Waals surface area contributed by atoms with Crippen LogP contribution in [0.15, 0.2) is 54.6 Å². The van der Waals surface area contributed by atoms with Crippen LogP contribution < -0.4 is 21.1 Å². The van der Waals surface area contributed by atoms with Crippen molar-refractivity contribution >= 4 is 30.7 Å². The Balaban J connectivity index is 0.00000648. The number of carbonyl (C=O) groups excluding carboxylic acids is 1. The molecule has 0 aromatic heterocycles. The molecule has 2 rings (SSSR count). The van der Waals surface area contributed by atoms with Crippen LogP contribution in [0, 0.1) is 11.8 Å². The summed E-state index contributed by atoms with van der Waals surface area (Å²) in [4.78, 5) is 12.9. The van der Waals surface area contributed by atoms with Crippen LogP contribution in [0.5, 0.6) is 5.75 Å². The predicted molar refractivity (Wildman–Crippen MR) is 155 cm³/mol. The van der Waals surface area contributed by atoms with Gasteiger partial charge in [-0.2, -0.15) is 0 Å². The molecule has 37 heavy (non-hydrogen) atoms. The fraction of sp³-hybridized carbons (Fsp3) is 0.536.